The molecule has 1 aliphatic carbocycles. The van der Waals surface area contributed by atoms with Gasteiger partial charge in [-0.05, 0) is 73.9 Å². The molecule has 2 aromatic carbocycles. The van der Waals surface area contributed by atoms with Crippen LogP contribution in [0.5, 0.6) is 5.75 Å². The number of carbonyl (C=O) groups excluding carboxylic acids is 2. The van der Waals surface area contributed by atoms with Crippen molar-refractivity contribution in [3.8, 4) is 5.75 Å². The summed E-state index contributed by atoms with van der Waals surface area (Å²) < 4.78 is 82.5. The van der Waals surface area contributed by atoms with Crippen LogP contribution in [0.15, 0.2) is 30.3 Å². The summed E-state index contributed by atoms with van der Waals surface area (Å²) >= 11 is 12.3. The highest BCUT2D eigenvalue weighted by molar-refractivity contribution is 7.88. The van der Waals surface area contributed by atoms with Gasteiger partial charge in [-0.2, -0.15) is 13.2 Å². The molecule has 2 aromatic rings. The number of hydrogen-bond acceptors (Lipinski definition) is 7. The highest BCUT2D eigenvalue weighted by atomic mass is 35.5. The number of ether oxygens (including phenoxy) is 1. The number of piperidine rings is 1. The first-order valence-electron chi connectivity index (χ1n) is 13.0. The highest BCUT2D eigenvalue weighted by Gasteiger charge is 2.46. The quantitative estimate of drug-likeness (QED) is 0.250. The lowest BCUT2D eigenvalue weighted by Crippen LogP contribution is -2.42. The van der Waals surface area contributed by atoms with Crippen molar-refractivity contribution >= 4 is 45.1 Å². The Balaban J connectivity index is 1.50. The average Bonchev–Trinajstić information content (AvgIpc) is 3.71. The molecule has 15 heteroatoms. The van der Waals surface area contributed by atoms with Crippen molar-refractivity contribution in [1.82, 2.24) is 9.37 Å². The Morgan fingerprint density at radius 3 is 2.26 bits per heavy atom. The molecule has 8 nitrogen and oxygen atoms in total. The summed E-state index contributed by atoms with van der Waals surface area (Å²) in [5, 5.41) is 1.08. The fourth-order valence-electron chi connectivity index (χ4n) is 4.82. The third-order valence-electron chi connectivity index (χ3n) is 7.10. The van der Waals surface area contributed by atoms with E-state index in [1.807, 2.05) is 12.1 Å². The van der Waals surface area contributed by atoms with Gasteiger partial charge in [0.25, 0.3) is 10.0 Å². The Morgan fingerprint density at radius 2 is 1.69 bits per heavy atom. The van der Waals surface area contributed by atoms with E-state index in [0.29, 0.717) is 47.8 Å². The van der Waals surface area contributed by atoms with Crippen LogP contribution in [0, 0.1) is 11.7 Å². The van der Waals surface area contributed by atoms with Gasteiger partial charge in [0, 0.05) is 41.2 Å². The highest BCUT2D eigenvalue weighted by Crippen LogP contribution is 2.45. The van der Waals surface area contributed by atoms with E-state index in [0.717, 1.165) is 30.5 Å². The first-order valence-corrected chi connectivity index (χ1v) is 15.6. The fourth-order valence-corrected chi connectivity index (χ4v) is 6.00. The van der Waals surface area contributed by atoms with E-state index < -0.39 is 43.9 Å². The molecule has 42 heavy (non-hydrogen) atoms. The summed E-state index contributed by atoms with van der Waals surface area (Å²) in [5.74, 6) is -5.86. The van der Waals surface area contributed by atoms with Gasteiger partial charge in [0.1, 0.15) is 11.6 Å². The molecular formula is C27H28Cl2F4N2O6S. The van der Waals surface area contributed by atoms with Gasteiger partial charge >= 0.3 is 18.1 Å². The number of likely N-dealkylation sites (tertiary alicyclic amines) is 1. The zero-order chi connectivity index (χ0) is 31.0. The van der Waals surface area contributed by atoms with Crippen LogP contribution in [-0.4, -0.2) is 61.3 Å². The van der Waals surface area contributed by atoms with Crippen LogP contribution in [0.3, 0.4) is 0 Å². The summed E-state index contributed by atoms with van der Waals surface area (Å²) in [6.07, 6.45) is -2.14. The van der Waals surface area contributed by atoms with Gasteiger partial charge in [-0.1, -0.05) is 27.7 Å². The van der Waals surface area contributed by atoms with Gasteiger partial charge in [-0.15, -0.1) is 0 Å². The molecule has 1 saturated carbocycles. The molecule has 2 fully saturated rings. The van der Waals surface area contributed by atoms with Crippen molar-refractivity contribution < 1.29 is 45.1 Å². The third kappa shape index (κ3) is 8.06. The van der Waals surface area contributed by atoms with Crippen LogP contribution < -0.4 is 4.74 Å². The van der Waals surface area contributed by atoms with E-state index in [-0.39, 0.29) is 30.2 Å². The van der Waals surface area contributed by atoms with Crippen molar-refractivity contribution in [3.63, 3.8) is 0 Å². The topological polar surface area (TPSA) is 93.2 Å². The molecule has 2 atom stereocenters. The van der Waals surface area contributed by atoms with Crippen molar-refractivity contribution in [1.29, 1.82) is 0 Å². The lowest BCUT2D eigenvalue weighted by Gasteiger charge is -2.38. The van der Waals surface area contributed by atoms with Gasteiger partial charge < -0.3 is 9.57 Å². The van der Waals surface area contributed by atoms with Crippen molar-refractivity contribution in [3.05, 3.63) is 62.9 Å². The van der Waals surface area contributed by atoms with Crippen LogP contribution in [0.2, 0.25) is 10.0 Å². The molecule has 230 valence electrons. The number of hydroxylamine groups is 1. The maximum atomic E-state index is 15.2. The van der Waals surface area contributed by atoms with Crippen LogP contribution in [0.1, 0.15) is 60.0 Å². The van der Waals surface area contributed by atoms with E-state index >= 15 is 4.39 Å². The van der Waals surface area contributed by atoms with E-state index in [1.165, 1.54) is 0 Å². The first-order chi connectivity index (χ1) is 19.5. The summed E-state index contributed by atoms with van der Waals surface area (Å²) in [7, 11) is -4.85. The number of alkyl halides is 3. The van der Waals surface area contributed by atoms with Gasteiger partial charge in [0.2, 0.25) is 0 Å². The molecule has 0 bridgehead atoms. The largest absolute Gasteiger partial charge is 0.493 e. The Kier molecular flexibility index (Phi) is 9.66. The molecule has 1 amide bonds. The minimum Gasteiger partial charge on any atom is -0.493 e. The molecule has 0 unspecified atom stereocenters. The van der Waals surface area contributed by atoms with Gasteiger partial charge in [0.05, 0.1) is 18.4 Å². The summed E-state index contributed by atoms with van der Waals surface area (Å²) in [4.78, 5) is 30.2. The predicted octanol–water partition coefficient (Wildman–Crippen LogP) is 6.11. The summed E-state index contributed by atoms with van der Waals surface area (Å²) in [6, 6.07) is 7.59. The minimum atomic E-state index is -5.59. The van der Waals surface area contributed by atoms with E-state index in [9.17, 15) is 31.2 Å². The molecule has 4 rings (SSSR count). The molecule has 1 saturated heterocycles. The molecule has 1 heterocycles. The molecule has 0 N–H and O–H groups in total. The number of halogens is 6. The second-order valence-corrected chi connectivity index (χ2v) is 13.3. The smallest absolute Gasteiger partial charge is 0.493 e. The molecule has 0 radical (unpaired) electrons. The number of amides is 1. The molecule has 0 aromatic heterocycles. The zero-order valence-corrected chi connectivity index (χ0v) is 24.9. The van der Waals surface area contributed by atoms with E-state index in [4.69, 9.17) is 27.9 Å². The predicted molar refractivity (Wildman–Crippen MR) is 146 cm³/mol. The molecule has 2 aliphatic rings. The Hall–Kier alpha value is -2.61. The fraction of sp³-hybridized carbons (Fsp3) is 0.481. The van der Waals surface area contributed by atoms with Crippen LogP contribution in [-0.2, 0) is 26.2 Å². The summed E-state index contributed by atoms with van der Waals surface area (Å²) in [5.41, 5.74) is 0.496. The van der Waals surface area contributed by atoms with Crippen LogP contribution >= 0.6 is 23.2 Å². The van der Waals surface area contributed by atoms with Gasteiger partial charge in [-0.3, -0.25) is 9.69 Å². The number of nitrogens with zero attached hydrogens (tertiary/aromatic N) is 2. The Morgan fingerprint density at radius 1 is 1.05 bits per heavy atom. The average molecular weight is 655 g/mol. The maximum Gasteiger partial charge on any atom is 0.493 e. The minimum absolute atomic E-state index is 0.0785. The molecule has 1 aliphatic heterocycles. The number of carbonyl (C=O) groups is 2. The van der Waals surface area contributed by atoms with Crippen molar-refractivity contribution in [2.75, 3.05) is 19.4 Å². The third-order valence-corrected chi connectivity index (χ3v) is 8.38. The number of rotatable bonds is 8. The number of sulfonamides is 1. The number of benzene rings is 2. The first kappa shape index (κ1) is 32.3. The lowest BCUT2D eigenvalue weighted by molar-refractivity contribution is -0.216. The molecular weight excluding hydrogens is 627 g/mol. The van der Waals surface area contributed by atoms with Crippen molar-refractivity contribution in [2.24, 2.45) is 5.92 Å². The standard InChI is InChI=1S/C27H28Cl2F4N2O6S/c1-15-3-4-16(12-34(15)13-17-7-19(28)9-20(29)8-17)14-40-24-11-23(30)22(10-21(24)18-5-6-18)25(36)35(42(2,38)39)41-26(37)27(31,32)33/h7-11,15-16,18H,3-6,12-14H2,1-2H3/t15-,16-/m1/s1. The normalized spacial score (nSPS) is 19.8. The SMILES string of the molecule is C[C@@H]1CC[C@@H](COc2cc(F)c(C(=O)N(OC(=O)C(F)(F)F)S(C)(=O)=O)cc2C2CC2)CN1Cc1cc(Cl)cc(Cl)c1. The number of hydrogen-bond donors (Lipinski definition) is 0. The maximum absolute atomic E-state index is 15.2. The van der Waals surface area contributed by atoms with Gasteiger partial charge in [0.15, 0.2) is 0 Å². The second-order valence-electron chi connectivity index (χ2n) is 10.6. The zero-order valence-electron chi connectivity index (χ0n) is 22.6. The van der Waals surface area contributed by atoms with Gasteiger partial charge in [-0.25, -0.2) is 17.6 Å². The van der Waals surface area contributed by atoms with E-state index in [2.05, 4.69) is 16.7 Å². The lowest BCUT2D eigenvalue weighted by atomic mass is 9.93. The van der Waals surface area contributed by atoms with E-state index in [1.54, 1.807) is 6.07 Å². The van der Waals surface area contributed by atoms with Crippen LogP contribution in [0.25, 0.3) is 0 Å². The monoisotopic (exact) mass is 654 g/mol. The Labute approximate surface area is 250 Å². The Bertz CT molecular complexity index is 1450. The second kappa shape index (κ2) is 12.6. The summed E-state index contributed by atoms with van der Waals surface area (Å²) in [6.45, 7) is 3.64. The van der Waals surface area contributed by atoms with Crippen molar-refractivity contribution in [2.45, 2.75) is 57.3 Å². The molecule has 0 spiro atoms. The van der Waals surface area contributed by atoms with Crippen LogP contribution in [0.4, 0.5) is 17.6 Å².